The Morgan fingerprint density at radius 2 is 1.76 bits per heavy atom. The second-order valence-electron chi connectivity index (χ2n) is 6.01. The van der Waals surface area contributed by atoms with Crippen LogP contribution in [0.2, 0.25) is 0 Å². The minimum Gasteiger partial charge on any atom is -0.449 e. The van der Waals surface area contributed by atoms with Crippen molar-refractivity contribution >= 4 is 38.4 Å². The Balaban J connectivity index is 1.60. The predicted octanol–water partition coefficient (Wildman–Crippen LogP) is 2.64. The van der Waals surface area contributed by atoms with E-state index in [-0.39, 0.29) is 10.5 Å². The maximum absolute atomic E-state index is 12.3. The number of esters is 1. The third-order valence-electron chi connectivity index (χ3n) is 3.88. The van der Waals surface area contributed by atoms with E-state index in [0.717, 1.165) is 11.3 Å². The number of hydrogen-bond donors (Lipinski definition) is 2. The van der Waals surface area contributed by atoms with E-state index in [2.05, 4.69) is 10.3 Å². The molecule has 150 valence electrons. The number of amides is 1. The molecule has 1 atom stereocenters. The van der Waals surface area contributed by atoms with Gasteiger partial charge >= 0.3 is 5.97 Å². The van der Waals surface area contributed by atoms with E-state index in [9.17, 15) is 18.0 Å². The van der Waals surface area contributed by atoms with Crippen molar-refractivity contribution < 1.29 is 22.7 Å². The Bertz CT molecular complexity index is 1130. The van der Waals surface area contributed by atoms with Gasteiger partial charge in [0.2, 0.25) is 10.0 Å². The number of carbonyl (C=O) groups is 2. The van der Waals surface area contributed by atoms with Gasteiger partial charge < -0.3 is 4.74 Å². The quantitative estimate of drug-likeness (QED) is 0.577. The minimum atomic E-state index is -3.86. The zero-order valence-electron chi connectivity index (χ0n) is 15.2. The molecule has 0 spiro atoms. The Kier molecular flexibility index (Phi) is 6.06. The van der Waals surface area contributed by atoms with Crippen molar-refractivity contribution in [3.63, 3.8) is 0 Å². The van der Waals surface area contributed by atoms with Crippen LogP contribution in [0.3, 0.4) is 0 Å². The summed E-state index contributed by atoms with van der Waals surface area (Å²) in [5.41, 5.74) is 1.75. The van der Waals surface area contributed by atoms with Gasteiger partial charge in [0, 0.05) is 10.9 Å². The molecular weight excluding hydrogens is 414 g/mol. The number of nitrogens with one attached hydrogen (secondary N) is 1. The molecule has 2 aromatic carbocycles. The number of ether oxygens (including phenoxy) is 1. The Hall–Kier alpha value is -3.08. The molecule has 0 aliphatic heterocycles. The lowest BCUT2D eigenvalue weighted by Crippen LogP contribution is -2.30. The van der Waals surface area contributed by atoms with Crippen LogP contribution in [0.25, 0.3) is 11.3 Å². The molecule has 10 heteroatoms. The smallest absolute Gasteiger partial charge is 0.338 e. The van der Waals surface area contributed by atoms with Crippen LogP contribution in [0.1, 0.15) is 17.3 Å². The van der Waals surface area contributed by atoms with Gasteiger partial charge in [0.1, 0.15) is 0 Å². The number of sulfonamides is 1. The van der Waals surface area contributed by atoms with Crippen molar-refractivity contribution in [1.82, 2.24) is 4.98 Å². The number of thiazole rings is 1. The minimum absolute atomic E-state index is 0.0951. The van der Waals surface area contributed by atoms with Gasteiger partial charge in [-0.1, -0.05) is 30.3 Å². The number of benzene rings is 2. The lowest BCUT2D eigenvalue weighted by atomic mass is 10.2. The summed E-state index contributed by atoms with van der Waals surface area (Å²) in [4.78, 5) is 28.7. The average molecular weight is 431 g/mol. The Morgan fingerprint density at radius 3 is 2.38 bits per heavy atom. The van der Waals surface area contributed by atoms with Crippen LogP contribution in [0.15, 0.2) is 64.9 Å². The number of carbonyl (C=O) groups excluding carboxylic acids is 2. The summed E-state index contributed by atoms with van der Waals surface area (Å²) in [6.45, 7) is 1.43. The highest BCUT2D eigenvalue weighted by Gasteiger charge is 2.20. The number of primary sulfonamides is 1. The van der Waals surface area contributed by atoms with Gasteiger partial charge in [-0.2, -0.15) is 0 Å². The second kappa shape index (κ2) is 8.52. The van der Waals surface area contributed by atoms with Gasteiger partial charge in [0.05, 0.1) is 16.2 Å². The van der Waals surface area contributed by atoms with Gasteiger partial charge in [0.25, 0.3) is 5.91 Å². The third kappa shape index (κ3) is 5.25. The topological polar surface area (TPSA) is 128 Å². The molecule has 8 nitrogen and oxygen atoms in total. The average Bonchev–Trinajstić information content (AvgIpc) is 3.16. The third-order valence-corrected chi connectivity index (χ3v) is 5.56. The molecule has 0 fully saturated rings. The first kappa shape index (κ1) is 20.6. The molecule has 1 aromatic heterocycles. The van der Waals surface area contributed by atoms with E-state index in [1.807, 2.05) is 35.7 Å². The highest BCUT2D eigenvalue weighted by Crippen LogP contribution is 2.24. The number of aromatic nitrogens is 1. The molecule has 1 amide bonds. The molecule has 0 aliphatic rings. The van der Waals surface area contributed by atoms with Crippen LogP contribution in [0.4, 0.5) is 5.13 Å². The van der Waals surface area contributed by atoms with Crippen LogP contribution >= 0.6 is 11.3 Å². The summed E-state index contributed by atoms with van der Waals surface area (Å²) in [6, 6.07) is 14.4. The molecule has 3 rings (SSSR count). The SMILES string of the molecule is CC(OC(=O)c1ccc(S(N)(=O)=O)cc1)C(=O)Nc1nc(-c2ccccc2)cs1. The van der Waals surface area contributed by atoms with Gasteiger partial charge in [-0.05, 0) is 31.2 Å². The second-order valence-corrected chi connectivity index (χ2v) is 8.43. The number of nitrogens with two attached hydrogens (primary N) is 1. The molecule has 29 heavy (non-hydrogen) atoms. The summed E-state index contributed by atoms with van der Waals surface area (Å²) < 4.78 is 27.6. The van der Waals surface area contributed by atoms with E-state index in [1.54, 1.807) is 0 Å². The molecule has 3 aromatic rings. The van der Waals surface area contributed by atoms with Crippen molar-refractivity contribution in [3.05, 3.63) is 65.5 Å². The lowest BCUT2D eigenvalue weighted by Gasteiger charge is -2.12. The van der Waals surface area contributed by atoms with Crippen LogP contribution in [-0.2, 0) is 19.6 Å². The maximum Gasteiger partial charge on any atom is 0.338 e. The van der Waals surface area contributed by atoms with Crippen molar-refractivity contribution in [2.45, 2.75) is 17.9 Å². The van der Waals surface area contributed by atoms with E-state index in [4.69, 9.17) is 9.88 Å². The standard InChI is InChI=1S/C19H17N3O5S2/c1-12(27-18(24)14-7-9-15(10-8-14)29(20,25)26)17(23)22-19-21-16(11-28-19)13-5-3-2-4-6-13/h2-12H,1H3,(H2,20,25,26)(H,21,22,23). The normalized spacial score (nSPS) is 12.2. The van der Waals surface area contributed by atoms with Gasteiger partial charge in [-0.15, -0.1) is 11.3 Å². The van der Waals surface area contributed by atoms with E-state index in [0.29, 0.717) is 5.13 Å². The summed E-state index contributed by atoms with van der Waals surface area (Å²) in [5, 5.41) is 9.82. The zero-order valence-corrected chi connectivity index (χ0v) is 16.9. The van der Waals surface area contributed by atoms with Crippen LogP contribution in [-0.4, -0.2) is 31.4 Å². The monoisotopic (exact) mass is 431 g/mol. The molecular formula is C19H17N3O5S2. The number of nitrogens with zero attached hydrogens (tertiary/aromatic N) is 1. The van der Waals surface area contributed by atoms with Crippen molar-refractivity contribution in [2.75, 3.05) is 5.32 Å². The molecule has 1 heterocycles. The molecule has 0 radical (unpaired) electrons. The fourth-order valence-electron chi connectivity index (χ4n) is 2.34. The first-order chi connectivity index (χ1) is 13.7. The van der Waals surface area contributed by atoms with Gasteiger partial charge in [-0.3, -0.25) is 10.1 Å². The maximum atomic E-state index is 12.3. The Morgan fingerprint density at radius 1 is 1.10 bits per heavy atom. The summed E-state index contributed by atoms with van der Waals surface area (Å²) in [7, 11) is -3.86. The molecule has 0 saturated heterocycles. The predicted molar refractivity (Wildman–Crippen MR) is 109 cm³/mol. The highest BCUT2D eigenvalue weighted by atomic mass is 32.2. The summed E-state index contributed by atoms with van der Waals surface area (Å²) >= 11 is 1.26. The van der Waals surface area contributed by atoms with Crippen molar-refractivity contribution in [3.8, 4) is 11.3 Å². The lowest BCUT2D eigenvalue weighted by molar-refractivity contribution is -0.123. The van der Waals surface area contributed by atoms with Crippen LogP contribution in [0.5, 0.6) is 0 Å². The molecule has 3 N–H and O–H groups in total. The van der Waals surface area contributed by atoms with E-state index >= 15 is 0 Å². The molecule has 0 saturated carbocycles. The molecule has 0 bridgehead atoms. The van der Waals surface area contributed by atoms with Crippen LogP contribution in [0, 0.1) is 0 Å². The molecule has 0 aliphatic carbocycles. The highest BCUT2D eigenvalue weighted by molar-refractivity contribution is 7.89. The summed E-state index contributed by atoms with van der Waals surface area (Å²) in [6.07, 6.45) is -1.08. The van der Waals surface area contributed by atoms with Crippen LogP contribution < -0.4 is 10.5 Å². The number of hydrogen-bond acceptors (Lipinski definition) is 7. The zero-order chi connectivity index (χ0) is 21.0. The summed E-state index contributed by atoms with van der Waals surface area (Å²) in [5.74, 6) is -1.30. The molecule has 1 unspecified atom stereocenters. The number of rotatable bonds is 6. The first-order valence-electron chi connectivity index (χ1n) is 8.40. The first-order valence-corrected chi connectivity index (χ1v) is 10.8. The van der Waals surface area contributed by atoms with Crippen molar-refractivity contribution in [2.24, 2.45) is 5.14 Å². The van der Waals surface area contributed by atoms with E-state index in [1.165, 1.54) is 42.5 Å². The fraction of sp³-hybridized carbons (Fsp3) is 0.105. The van der Waals surface area contributed by atoms with Gasteiger partial charge in [0.15, 0.2) is 11.2 Å². The van der Waals surface area contributed by atoms with Crippen molar-refractivity contribution in [1.29, 1.82) is 0 Å². The largest absolute Gasteiger partial charge is 0.449 e. The Labute approximate surface area is 171 Å². The number of anilines is 1. The fourth-order valence-corrected chi connectivity index (χ4v) is 3.58. The van der Waals surface area contributed by atoms with E-state index < -0.39 is 28.0 Å². The van der Waals surface area contributed by atoms with Gasteiger partial charge in [-0.25, -0.2) is 23.3 Å².